The van der Waals surface area contributed by atoms with Crippen LogP contribution < -0.4 is 10.6 Å². The Labute approximate surface area is 119 Å². The molecule has 2 rings (SSSR count). The van der Waals surface area contributed by atoms with E-state index in [1.165, 1.54) is 10.9 Å². The number of hydrogen-bond donors (Lipinski definition) is 3. The fraction of sp³-hybridized carbons (Fsp3) is 0.333. The van der Waals surface area contributed by atoms with Gasteiger partial charge in [-0.2, -0.15) is 0 Å². The van der Waals surface area contributed by atoms with Gasteiger partial charge in [0.25, 0.3) is 0 Å². The monoisotopic (exact) mass is 293 g/mol. The Hall–Kier alpha value is -2.84. The summed E-state index contributed by atoms with van der Waals surface area (Å²) in [6.07, 6.45) is 1.30. The Morgan fingerprint density at radius 3 is 2.81 bits per heavy atom. The number of carboxylic acids is 1. The van der Waals surface area contributed by atoms with Crippen molar-refractivity contribution in [2.45, 2.75) is 20.0 Å². The van der Waals surface area contributed by atoms with Gasteiger partial charge < -0.3 is 20.2 Å². The van der Waals surface area contributed by atoms with Gasteiger partial charge >= 0.3 is 12.0 Å². The van der Waals surface area contributed by atoms with Gasteiger partial charge in [0.05, 0.1) is 19.3 Å². The minimum Gasteiger partial charge on any atom is -0.476 e. The third-order valence-corrected chi connectivity index (χ3v) is 2.60. The van der Waals surface area contributed by atoms with Gasteiger partial charge in [-0.1, -0.05) is 5.21 Å². The summed E-state index contributed by atoms with van der Waals surface area (Å²) in [5.41, 5.74) is -0.132. The molecule has 0 radical (unpaired) electrons. The molecule has 2 aromatic heterocycles. The van der Waals surface area contributed by atoms with Crippen LogP contribution in [0.25, 0.3) is 0 Å². The first kappa shape index (κ1) is 14.6. The molecule has 0 spiro atoms. The van der Waals surface area contributed by atoms with E-state index >= 15 is 0 Å². The van der Waals surface area contributed by atoms with Gasteiger partial charge in [-0.05, 0) is 19.1 Å². The van der Waals surface area contributed by atoms with Gasteiger partial charge in [0.15, 0.2) is 5.69 Å². The van der Waals surface area contributed by atoms with Gasteiger partial charge in [0.2, 0.25) is 0 Å². The lowest BCUT2D eigenvalue weighted by molar-refractivity contribution is 0.0690. The van der Waals surface area contributed by atoms with E-state index in [4.69, 9.17) is 9.52 Å². The second-order valence-corrected chi connectivity index (χ2v) is 4.29. The fourth-order valence-electron chi connectivity index (χ4n) is 1.60. The third kappa shape index (κ3) is 4.34. The molecule has 0 bridgehead atoms. The summed E-state index contributed by atoms with van der Waals surface area (Å²) in [5, 5.41) is 21.0. The molecule has 2 aromatic rings. The number of hydrogen-bond acceptors (Lipinski definition) is 5. The predicted octanol–water partition coefficient (Wildman–Crippen LogP) is 0.377. The van der Waals surface area contributed by atoms with Crippen LogP contribution in [0.2, 0.25) is 0 Å². The molecule has 0 aliphatic heterocycles. The molecule has 0 saturated heterocycles. The van der Waals surface area contributed by atoms with Crippen molar-refractivity contribution in [2.75, 3.05) is 6.54 Å². The molecule has 9 heteroatoms. The summed E-state index contributed by atoms with van der Waals surface area (Å²) in [4.78, 5) is 22.1. The van der Waals surface area contributed by atoms with Crippen LogP contribution in [0.4, 0.5) is 4.79 Å². The molecule has 0 saturated carbocycles. The van der Waals surface area contributed by atoms with Crippen LogP contribution in [-0.2, 0) is 13.1 Å². The highest BCUT2D eigenvalue weighted by molar-refractivity contribution is 5.84. The summed E-state index contributed by atoms with van der Waals surface area (Å²) in [5.74, 6) is 0.318. The van der Waals surface area contributed by atoms with E-state index in [2.05, 4.69) is 20.9 Å². The molecular weight excluding hydrogens is 278 g/mol. The molecular formula is C12H15N5O4. The van der Waals surface area contributed by atoms with Crippen molar-refractivity contribution in [3.63, 3.8) is 0 Å². The first-order valence-electron chi connectivity index (χ1n) is 6.25. The second-order valence-electron chi connectivity index (χ2n) is 4.29. The number of carboxylic acid groups (broad SMARTS) is 1. The lowest BCUT2D eigenvalue weighted by Crippen LogP contribution is -2.36. The average Bonchev–Trinajstić information content (AvgIpc) is 3.05. The molecule has 2 heterocycles. The third-order valence-electron chi connectivity index (χ3n) is 2.60. The maximum atomic E-state index is 11.5. The number of aromatic nitrogens is 3. The van der Waals surface area contributed by atoms with Gasteiger partial charge in [-0.3, -0.25) is 0 Å². The van der Waals surface area contributed by atoms with Crippen LogP contribution in [0.5, 0.6) is 0 Å². The maximum absolute atomic E-state index is 11.5. The van der Waals surface area contributed by atoms with E-state index < -0.39 is 5.97 Å². The summed E-state index contributed by atoms with van der Waals surface area (Å²) in [6, 6.07) is 3.26. The van der Waals surface area contributed by atoms with E-state index in [0.29, 0.717) is 25.4 Å². The van der Waals surface area contributed by atoms with E-state index in [-0.39, 0.29) is 11.7 Å². The maximum Gasteiger partial charge on any atom is 0.358 e. The summed E-state index contributed by atoms with van der Waals surface area (Å²) in [6.45, 7) is 2.75. The van der Waals surface area contributed by atoms with Gasteiger partial charge in [-0.25, -0.2) is 14.3 Å². The lowest BCUT2D eigenvalue weighted by Gasteiger charge is -2.06. The minimum absolute atomic E-state index is 0.132. The highest BCUT2D eigenvalue weighted by Crippen LogP contribution is 2.05. The fourth-order valence-corrected chi connectivity index (χ4v) is 1.60. The number of furan rings is 1. The predicted molar refractivity (Wildman–Crippen MR) is 70.7 cm³/mol. The summed E-state index contributed by atoms with van der Waals surface area (Å²) < 4.78 is 6.66. The Morgan fingerprint density at radius 1 is 1.38 bits per heavy atom. The number of amides is 2. The first-order valence-corrected chi connectivity index (χ1v) is 6.25. The van der Waals surface area contributed by atoms with Crippen LogP contribution in [0.1, 0.15) is 22.0 Å². The largest absolute Gasteiger partial charge is 0.476 e. The van der Waals surface area contributed by atoms with Crippen molar-refractivity contribution in [1.82, 2.24) is 25.6 Å². The first-order chi connectivity index (χ1) is 10.0. The molecule has 2 amide bonds. The lowest BCUT2D eigenvalue weighted by atomic mass is 10.4. The highest BCUT2D eigenvalue weighted by Gasteiger charge is 2.08. The van der Waals surface area contributed by atoms with Crippen LogP contribution >= 0.6 is 0 Å². The van der Waals surface area contributed by atoms with Crippen LogP contribution in [0, 0.1) is 6.92 Å². The summed E-state index contributed by atoms with van der Waals surface area (Å²) >= 11 is 0. The Kier molecular flexibility index (Phi) is 4.54. The Bertz CT molecular complexity index is 633. The average molecular weight is 293 g/mol. The van der Waals surface area contributed by atoms with Crippen molar-refractivity contribution in [3.05, 3.63) is 35.5 Å². The quantitative estimate of drug-likeness (QED) is 0.707. The van der Waals surface area contributed by atoms with Crippen molar-refractivity contribution in [1.29, 1.82) is 0 Å². The number of rotatable bonds is 6. The number of carbonyl (C=O) groups is 2. The molecule has 0 atom stereocenters. The van der Waals surface area contributed by atoms with Gasteiger partial charge in [0, 0.05) is 6.54 Å². The zero-order valence-electron chi connectivity index (χ0n) is 11.4. The minimum atomic E-state index is -1.14. The molecule has 0 aliphatic carbocycles. The van der Waals surface area contributed by atoms with E-state index in [0.717, 1.165) is 5.76 Å². The normalized spacial score (nSPS) is 10.3. The van der Waals surface area contributed by atoms with Crippen molar-refractivity contribution in [2.24, 2.45) is 0 Å². The van der Waals surface area contributed by atoms with Crippen LogP contribution in [0.15, 0.2) is 22.7 Å². The van der Waals surface area contributed by atoms with E-state index in [1.807, 2.05) is 13.0 Å². The molecule has 0 aromatic carbocycles. The second kappa shape index (κ2) is 6.55. The smallest absolute Gasteiger partial charge is 0.358 e. The zero-order valence-corrected chi connectivity index (χ0v) is 11.4. The molecule has 0 fully saturated rings. The number of aromatic carboxylic acids is 1. The molecule has 0 aliphatic rings. The number of aryl methyl sites for hydroxylation is 1. The molecule has 3 N–H and O–H groups in total. The number of urea groups is 1. The molecule has 21 heavy (non-hydrogen) atoms. The van der Waals surface area contributed by atoms with Crippen LogP contribution in [-0.4, -0.2) is 38.6 Å². The molecule has 112 valence electrons. The van der Waals surface area contributed by atoms with Gasteiger partial charge in [0.1, 0.15) is 11.5 Å². The van der Waals surface area contributed by atoms with E-state index in [9.17, 15) is 9.59 Å². The standard InChI is InChI=1S/C12H15N5O4/c1-8-2-3-9(21-8)6-14-12(20)13-4-5-17-7-10(11(18)19)15-16-17/h2-3,7H,4-6H2,1H3,(H,18,19)(H2,13,14,20). The SMILES string of the molecule is Cc1ccc(CNC(=O)NCCn2cc(C(=O)O)nn2)o1. The molecule has 9 nitrogen and oxygen atoms in total. The number of nitrogens with one attached hydrogen (secondary N) is 2. The number of nitrogens with zero attached hydrogens (tertiary/aromatic N) is 3. The summed E-state index contributed by atoms with van der Waals surface area (Å²) in [7, 11) is 0. The van der Waals surface area contributed by atoms with Crippen molar-refractivity contribution >= 4 is 12.0 Å². The zero-order chi connectivity index (χ0) is 15.2. The number of carbonyl (C=O) groups excluding carboxylic acids is 1. The van der Waals surface area contributed by atoms with Crippen molar-refractivity contribution < 1.29 is 19.1 Å². The molecule has 0 unspecified atom stereocenters. The highest BCUT2D eigenvalue weighted by atomic mass is 16.4. The topological polar surface area (TPSA) is 122 Å². The Balaban J connectivity index is 1.67. The Morgan fingerprint density at radius 2 is 2.19 bits per heavy atom. The van der Waals surface area contributed by atoms with Crippen molar-refractivity contribution in [3.8, 4) is 0 Å². The van der Waals surface area contributed by atoms with E-state index in [1.54, 1.807) is 6.07 Å². The van der Waals surface area contributed by atoms with Crippen LogP contribution in [0.3, 0.4) is 0 Å². The van der Waals surface area contributed by atoms with Gasteiger partial charge in [-0.15, -0.1) is 5.10 Å².